The lowest BCUT2D eigenvalue weighted by Crippen LogP contribution is -2.27. The molecule has 0 spiro atoms. The SMILES string of the molecule is COc1ccc(O)c(Sc2ccc(CCC(N)COCC3CC3)c(Cl)c2)c1. The molecular weight excluding hydrogens is 382 g/mol. The van der Waals surface area contributed by atoms with Gasteiger partial charge >= 0.3 is 0 Å². The Labute approximate surface area is 170 Å². The first kappa shape index (κ1) is 20.3. The molecule has 0 heterocycles. The van der Waals surface area contributed by atoms with Crippen molar-refractivity contribution in [2.45, 2.75) is 41.5 Å². The van der Waals surface area contributed by atoms with Gasteiger partial charge in [0.2, 0.25) is 0 Å². The van der Waals surface area contributed by atoms with Crippen molar-refractivity contribution in [2.75, 3.05) is 20.3 Å². The van der Waals surface area contributed by atoms with Gasteiger partial charge in [-0.25, -0.2) is 0 Å². The van der Waals surface area contributed by atoms with Gasteiger partial charge in [0.15, 0.2) is 0 Å². The van der Waals surface area contributed by atoms with Crippen LogP contribution in [0.3, 0.4) is 0 Å². The van der Waals surface area contributed by atoms with Gasteiger partial charge in [0.25, 0.3) is 0 Å². The molecule has 3 rings (SSSR count). The van der Waals surface area contributed by atoms with Gasteiger partial charge in [-0.2, -0.15) is 0 Å². The van der Waals surface area contributed by atoms with Crippen LogP contribution in [0.15, 0.2) is 46.2 Å². The summed E-state index contributed by atoms with van der Waals surface area (Å²) < 4.78 is 10.9. The molecule has 0 aliphatic heterocycles. The van der Waals surface area contributed by atoms with Crippen molar-refractivity contribution in [3.8, 4) is 11.5 Å². The molecule has 0 saturated heterocycles. The maximum absolute atomic E-state index is 10.0. The Hall–Kier alpha value is -1.40. The highest BCUT2D eigenvalue weighted by atomic mass is 35.5. The summed E-state index contributed by atoms with van der Waals surface area (Å²) >= 11 is 7.91. The first-order valence-electron chi connectivity index (χ1n) is 9.21. The molecule has 1 aliphatic rings. The van der Waals surface area contributed by atoms with Crippen molar-refractivity contribution in [2.24, 2.45) is 11.7 Å². The third kappa shape index (κ3) is 6.32. The summed E-state index contributed by atoms with van der Waals surface area (Å²) in [5, 5.41) is 10.8. The second-order valence-electron chi connectivity index (χ2n) is 6.97. The standard InChI is InChI=1S/C21H26ClNO3S/c1-25-17-7-9-20(24)21(10-17)27-18-8-5-15(19(22)11-18)4-6-16(23)13-26-12-14-2-3-14/h5,7-11,14,16,24H,2-4,6,12-13,23H2,1H3. The monoisotopic (exact) mass is 407 g/mol. The normalized spacial score (nSPS) is 14.9. The molecule has 6 heteroatoms. The Morgan fingerprint density at radius 3 is 2.78 bits per heavy atom. The second kappa shape index (κ2) is 9.69. The number of aromatic hydroxyl groups is 1. The van der Waals surface area contributed by atoms with E-state index in [1.807, 2.05) is 24.3 Å². The lowest BCUT2D eigenvalue weighted by Gasteiger charge is -2.13. The van der Waals surface area contributed by atoms with Crippen molar-refractivity contribution in [1.29, 1.82) is 0 Å². The average Bonchev–Trinajstić information content (AvgIpc) is 3.47. The summed E-state index contributed by atoms with van der Waals surface area (Å²) in [4.78, 5) is 1.69. The number of hydrogen-bond acceptors (Lipinski definition) is 5. The van der Waals surface area contributed by atoms with E-state index in [-0.39, 0.29) is 11.8 Å². The van der Waals surface area contributed by atoms with Crippen LogP contribution in [0.1, 0.15) is 24.8 Å². The zero-order valence-electron chi connectivity index (χ0n) is 15.5. The number of rotatable bonds is 10. The fourth-order valence-electron chi connectivity index (χ4n) is 2.72. The van der Waals surface area contributed by atoms with Crippen molar-refractivity contribution < 1.29 is 14.6 Å². The van der Waals surface area contributed by atoms with Crippen LogP contribution in [0, 0.1) is 5.92 Å². The minimum atomic E-state index is 0.0302. The van der Waals surface area contributed by atoms with E-state index < -0.39 is 0 Å². The van der Waals surface area contributed by atoms with E-state index >= 15 is 0 Å². The number of methoxy groups -OCH3 is 1. The third-order valence-corrected chi connectivity index (χ3v) is 5.97. The molecule has 4 nitrogen and oxygen atoms in total. The zero-order valence-corrected chi connectivity index (χ0v) is 17.1. The Balaban J connectivity index is 1.53. The molecule has 1 saturated carbocycles. The smallest absolute Gasteiger partial charge is 0.129 e. The largest absolute Gasteiger partial charge is 0.507 e. The zero-order chi connectivity index (χ0) is 19.2. The minimum Gasteiger partial charge on any atom is -0.507 e. The van der Waals surface area contributed by atoms with E-state index in [4.69, 9.17) is 26.8 Å². The van der Waals surface area contributed by atoms with E-state index in [0.717, 1.165) is 40.7 Å². The van der Waals surface area contributed by atoms with Crippen molar-refractivity contribution in [1.82, 2.24) is 0 Å². The number of aryl methyl sites for hydroxylation is 1. The first-order chi connectivity index (χ1) is 13.0. The molecule has 27 heavy (non-hydrogen) atoms. The van der Waals surface area contributed by atoms with E-state index in [1.165, 1.54) is 24.6 Å². The first-order valence-corrected chi connectivity index (χ1v) is 10.4. The van der Waals surface area contributed by atoms with Crippen LogP contribution in [0.4, 0.5) is 0 Å². The van der Waals surface area contributed by atoms with E-state index in [9.17, 15) is 5.11 Å². The second-order valence-corrected chi connectivity index (χ2v) is 8.49. The van der Waals surface area contributed by atoms with Gasteiger partial charge in [0.05, 0.1) is 18.6 Å². The topological polar surface area (TPSA) is 64.7 Å². The quantitative estimate of drug-likeness (QED) is 0.586. The number of halogens is 1. The molecule has 1 unspecified atom stereocenters. The molecule has 3 N–H and O–H groups in total. The predicted octanol–water partition coefficient (Wildman–Crippen LogP) is 4.89. The van der Waals surface area contributed by atoms with Gasteiger partial charge in [0, 0.05) is 22.6 Å². The fourth-order valence-corrected chi connectivity index (χ4v) is 3.97. The highest BCUT2D eigenvalue weighted by Gasteiger charge is 2.21. The maximum Gasteiger partial charge on any atom is 0.129 e. The molecule has 1 atom stereocenters. The van der Waals surface area contributed by atoms with Crippen molar-refractivity contribution in [3.63, 3.8) is 0 Å². The molecule has 0 bridgehead atoms. The van der Waals surface area contributed by atoms with Crippen LogP contribution in [-0.4, -0.2) is 31.5 Å². The van der Waals surface area contributed by atoms with Crippen LogP contribution < -0.4 is 10.5 Å². The lowest BCUT2D eigenvalue weighted by molar-refractivity contribution is 0.110. The average molecular weight is 408 g/mol. The Bertz CT molecular complexity index is 767. The van der Waals surface area contributed by atoms with Crippen molar-refractivity contribution >= 4 is 23.4 Å². The van der Waals surface area contributed by atoms with Crippen LogP contribution in [-0.2, 0) is 11.2 Å². The molecular formula is C21H26ClNO3S. The van der Waals surface area contributed by atoms with Gasteiger partial charge in [-0.15, -0.1) is 0 Å². The Morgan fingerprint density at radius 2 is 2.07 bits per heavy atom. The van der Waals surface area contributed by atoms with Crippen LogP contribution >= 0.6 is 23.4 Å². The predicted molar refractivity (Wildman–Crippen MR) is 110 cm³/mol. The molecule has 0 aromatic heterocycles. The molecule has 0 radical (unpaired) electrons. The number of phenolic OH excluding ortho intramolecular Hbond substituents is 1. The molecule has 1 aliphatic carbocycles. The molecule has 2 aromatic rings. The van der Waals surface area contributed by atoms with Crippen LogP contribution in [0.5, 0.6) is 11.5 Å². The van der Waals surface area contributed by atoms with Gasteiger partial charge in [0.1, 0.15) is 11.5 Å². The number of benzene rings is 2. The highest BCUT2D eigenvalue weighted by molar-refractivity contribution is 7.99. The Morgan fingerprint density at radius 1 is 1.26 bits per heavy atom. The minimum absolute atomic E-state index is 0.0302. The Kier molecular flexibility index (Phi) is 7.30. The summed E-state index contributed by atoms with van der Waals surface area (Å²) in [6, 6.07) is 11.2. The highest BCUT2D eigenvalue weighted by Crippen LogP contribution is 2.38. The number of ether oxygens (including phenoxy) is 2. The van der Waals surface area contributed by atoms with Gasteiger partial charge in [-0.05, 0) is 67.5 Å². The van der Waals surface area contributed by atoms with Gasteiger partial charge < -0.3 is 20.3 Å². The van der Waals surface area contributed by atoms with Crippen molar-refractivity contribution in [3.05, 3.63) is 47.0 Å². The molecule has 2 aromatic carbocycles. The fraction of sp³-hybridized carbons (Fsp3) is 0.429. The molecule has 146 valence electrons. The third-order valence-electron chi connectivity index (χ3n) is 4.59. The number of nitrogens with two attached hydrogens (primary N) is 1. The molecule has 0 amide bonds. The summed E-state index contributed by atoms with van der Waals surface area (Å²) in [5.74, 6) is 1.69. The van der Waals surface area contributed by atoms with Gasteiger partial charge in [-0.1, -0.05) is 29.4 Å². The molecule has 1 fully saturated rings. The lowest BCUT2D eigenvalue weighted by atomic mass is 10.1. The number of phenols is 1. The van der Waals surface area contributed by atoms with E-state index in [0.29, 0.717) is 17.4 Å². The summed E-state index contributed by atoms with van der Waals surface area (Å²) in [7, 11) is 1.61. The van der Waals surface area contributed by atoms with E-state index in [1.54, 1.807) is 19.2 Å². The van der Waals surface area contributed by atoms with Gasteiger partial charge in [-0.3, -0.25) is 0 Å². The summed E-state index contributed by atoms with van der Waals surface area (Å²) in [6.45, 7) is 1.45. The van der Waals surface area contributed by atoms with Crippen LogP contribution in [0.2, 0.25) is 5.02 Å². The summed E-state index contributed by atoms with van der Waals surface area (Å²) in [6.07, 6.45) is 4.25. The van der Waals surface area contributed by atoms with E-state index in [2.05, 4.69) is 0 Å². The number of hydrogen-bond donors (Lipinski definition) is 2. The van der Waals surface area contributed by atoms with Crippen LogP contribution in [0.25, 0.3) is 0 Å². The summed E-state index contributed by atoms with van der Waals surface area (Å²) in [5.41, 5.74) is 7.22. The maximum atomic E-state index is 10.0.